The molecule has 0 aliphatic rings. The van der Waals surface area contributed by atoms with Crippen LogP contribution in [-0.2, 0) is 6.42 Å². The molecule has 0 unspecified atom stereocenters. The zero-order valence-corrected chi connectivity index (χ0v) is 13.0. The second-order valence-electron chi connectivity index (χ2n) is 5.05. The smallest absolute Gasteiger partial charge is 0.241 e. The van der Waals surface area contributed by atoms with E-state index in [9.17, 15) is 0 Å². The van der Waals surface area contributed by atoms with Crippen LogP contribution in [0.25, 0.3) is 0 Å². The van der Waals surface area contributed by atoms with E-state index < -0.39 is 0 Å². The lowest BCUT2D eigenvalue weighted by Crippen LogP contribution is -2.05. The van der Waals surface area contributed by atoms with E-state index in [1.807, 2.05) is 39.0 Å². The normalized spacial score (nSPS) is 11.1. The summed E-state index contributed by atoms with van der Waals surface area (Å²) in [5.41, 5.74) is 8.46. The molecular formula is C15H20ClN3O. The largest absolute Gasteiger partial charge is 0.437 e. The predicted octanol–water partition coefficient (Wildman–Crippen LogP) is 4.36. The number of halogens is 1. The molecule has 0 amide bonds. The molecule has 1 heterocycles. The van der Waals surface area contributed by atoms with Crippen LogP contribution >= 0.6 is 11.6 Å². The third-order valence-corrected chi connectivity index (χ3v) is 3.56. The summed E-state index contributed by atoms with van der Waals surface area (Å²) in [6.45, 7) is 8.01. The number of nitrogens with zero attached hydrogens (tertiary/aromatic N) is 2. The van der Waals surface area contributed by atoms with Gasteiger partial charge in [0.1, 0.15) is 11.4 Å². The fourth-order valence-electron chi connectivity index (χ4n) is 1.99. The van der Waals surface area contributed by atoms with Crippen molar-refractivity contribution in [3.63, 3.8) is 0 Å². The molecule has 108 valence electrons. The van der Waals surface area contributed by atoms with Gasteiger partial charge in [-0.15, -0.1) is 0 Å². The maximum absolute atomic E-state index is 6.12. The number of nitrogen functional groups attached to an aromatic ring is 1. The summed E-state index contributed by atoms with van der Waals surface area (Å²) in [6.07, 6.45) is 0.855. The molecule has 0 saturated carbocycles. The van der Waals surface area contributed by atoms with Crippen LogP contribution in [0.15, 0.2) is 18.2 Å². The monoisotopic (exact) mass is 293 g/mol. The van der Waals surface area contributed by atoms with Gasteiger partial charge in [-0.25, -0.2) is 4.68 Å². The quantitative estimate of drug-likeness (QED) is 0.911. The Balaban J connectivity index is 2.39. The minimum absolute atomic E-state index is 0.180. The molecule has 0 atom stereocenters. The summed E-state index contributed by atoms with van der Waals surface area (Å²) in [7, 11) is 0. The fourth-order valence-corrected chi connectivity index (χ4v) is 2.24. The van der Waals surface area contributed by atoms with E-state index in [1.54, 1.807) is 4.68 Å². The number of rotatable bonds is 4. The molecule has 20 heavy (non-hydrogen) atoms. The first-order chi connectivity index (χ1) is 9.43. The SMILES string of the molecule is CCc1cc(Oc2c(N)c(C)nn2C(C)C)ccc1Cl. The van der Waals surface area contributed by atoms with Gasteiger partial charge in [0.15, 0.2) is 0 Å². The average Bonchev–Trinajstić information content (AvgIpc) is 2.69. The van der Waals surface area contributed by atoms with E-state index in [0.717, 1.165) is 28.5 Å². The van der Waals surface area contributed by atoms with Gasteiger partial charge >= 0.3 is 0 Å². The molecule has 1 aromatic carbocycles. The Bertz CT molecular complexity index is 620. The van der Waals surface area contributed by atoms with E-state index in [-0.39, 0.29) is 6.04 Å². The van der Waals surface area contributed by atoms with Crippen molar-refractivity contribution in [2.75, 3.05) is 5.73 Å². The second kappa shape index (κ2) is 5.75. The highest BCUT2D eigenvalue weighted by Gasteiger charge is 2.17. The zero-order chi connectivity index (χ0) is 14.9. The maximum Gasteiger partial charge on any atom is 0.241 e. The van der Waals surface area contributed by atoms with Gasteiger partial charge in [-0.2, -0.15) is 5.10 Å². The highest BCUT2D eigenvalue weighted by atomic mass is 35.5. The van der Waals surface area contributed by atoms with Crippen molar-refractivity contribution >= 4 is 17.3 Å². The van der Waals surface area contributed by atoms with Crippen molar-refractivity contribution in [1.82, 2.24) is 9.78 Å². The van der Waals surface area contributed by atoms with Crippen LogP contribution in [0.5, 0.6) is 11.6 Å². The molecule has 0 saturated heterocycles. The Morgan fingerprint density at radius 1 is 1.40 bits per heavy atom. The van der Waals surface area contributed by atoms with E-state index >= 15 is 0 Å². The lowest BCUT2D eigenvalue weighted by molar-refractivity contribution is 0.389. The second-order valence-corrected chi connectivity index (χ2v) is 5.46. The number of hydrogen-bond donors (Lipinski definition) is 1. The van der Waals surface area contributed by atoms with Crippen LogP contribution in [0.2, 0.25) is 5.02 Å². The van der Waals surface area contributed by atoms with Gasteiger partial charge in [0.25, 0.3) is 0 Å². The Labute approximate surface area is 124 Å². The molecular weight excluding hydrogens is 274 g/mol. The van der Waals surface area contributed by atoms with Gasteiger partial charge in [-0.05, 0) is 51.0 Å². The van der Waals surface area contributed by atoms with Crippen molar-refractivity contribution in [2.24, 2.45) is 0 Å². The molecule has 0 radical (unpaired) electrons. The van der Waals surface area contributed by atoms with Crippen molar-refractivity contribution in [3.8, 4) is 11.6 Å². The Kier molecular flexibility index (Phi) is 4.23. The topological polar surface area (TPSA) is 53.1 Å². The van der Waals surface area contributed by atoms with Crippen molar-refractivity contribution in [2.45, 2.75) is 40.2 Å². The first-order valence-electron chi connectivity index (χ1n) is 6.74. The van der Waals surface area contributed by atoms with Crippen LogP contribution in [0.4, 0.5) is 5.69 Å². The number of hydrogen-bond acceptors (Lipinski definition) is 3. The van der Waals surface area contributed by atoms with Crippen molar-refractivity contribution < 1.29 is 4.74 Å². The van der Waals surface area contributed by atoms with Crippen LogP contribution in [0, 0.1) is 6.92 Å². The van der Waals surface area contributed by atoms with E-state index in [4.69, 9.17) is 22.1 Å². The van der Waals surface area contributed by atoms with E-state index in [0.29, 0.717) is 11.6 Å². The highest BCUT2D eigenvalue weighted by molar-refractivity contribution is 6.31. The number of nitrogens with two attached hydrogens (primary N) is 1. The number of aryl methyl sites for hydroxylation is 2. The first-order valence-corrected chi connectivity index (χ1v) is 7.12. The van der Waals surface area contributed by atoms with Crippen LogP contribution in [0.3, 0.4) is 0 Å². The van der Waals surface area contributed by atoms with Gasteiger partial charge in [0.2, 0.25) is 5.88 Å². The lowest BCUT2D eigenvalue weighted by Gasteiger charge is -2.13. The van der Waals surface area contributed by atoms with Crippen LogP contribution in [-0.4, -0.2) is 9.78 Å². The number of benzene rings is 1. The molecule has 2 N–H and O–H groups in total. The molecule has 2 rings (SSSR count). The molecule has 0 aliphatic heterocycles. The van der Waals surface area contributed by atoms with Gasteiger partial charge < -0.3 is 10.5 Å². The molecule has 0 bridgehead atoms. The fraction of sp³-hybridized carbons (Fsp3) is 0.400. The lowest BCUT2D eigenvalue weighted by atomic mass is 10.1. The first kappa shape index (κ1) is 14.7. The minimum Gasteiger partial charge on any atom is -0.437 e. The van der Waals surface area contributed by atoms with E-state index in [2.05, 4.69) is 12.0 Å². The molecule has 0 fully saturated rings. The molecule has 4 nitrogen and oxygen atoms in total. The summed E-state index contributed by atoms with van der Waals surface area (Å²) in [4.78, 5) is 0. The summed E-state index contributed by atoms with van der Waals surface area (Å²) in [6, 6.07) is 5.80. The van der Waals surface area contributed by atoms with Crippen LogP contribution in [0.1, 0.15) is 38.1 Å². The minimum atomic E-state index is 0.180. The molecule has 0 aliphatic carbocycles. The van der Waals surface area contributed by atoms with Gasteiger partial charge in [-0.3, -0.25) is 0 Å². The summed E-state index contributed by atoms with van der Waals surface area (Å²) < 4.78 is 7.73. The highest BCUT2D eigenvalue weighted by Crippen LogP contribution is 2.33. The molecule has 0 spiro atoms. The van der Waals surface area contributed by atoms with Gasteiger partial charge in [0.05, 0.1) is 11.7 Å². The Hall–Kier alpha value is -1.68. The molecule has 2 aromatic rings. The molecule has 5 heteroatoms. The van der Waals surface area contributed by atoms with Gasteiger partial charge in [0, 0.05) is 5.02 Å². The third-order valence-electron chi connectivity index (χ3n) is 3.19. The standard InChI is InChI=1S/C15H20ClN3O/c1-5-11-8-12(6-7-13(11)16)20-15-14(17)10(4)18-19(15)9(2)3/h6-9H,5,17H2,1-4H3. The average molecular weight is 294 g/mol. The Morgan fingerprint density at radius 3 is 2.70 bits per heavy atom. The maximum atomic E-state index is 6.12. The summed E-state index contributed by atoms with van der Waals surface area (Å²) in [5, 5.41) is 5.16. The summed E-state index contributed by atoms with van der Waals surface area (Å²) >= 11 is 6.12. The van der Waals surface area contributed by atoms with E-state index in [1.165, 1.54) is 0 Å². The van der Waals surface area contributed by atoms with Gasteiger partial charge in [-0.1, -0.05) is 18.5 Å². The number of anilines is 1. The summed E-state index contributed by atoms with van der Waals surface area (Å²) in [5.74, 6) is 1.31. The molecule has 1 aromatic heterocycles. The number of aromatic nitrogens is 2. The number of ether oxygens (including phenoxy) is 1. The Morgan fingerprint density at radius 2 is 2.10 bits per heavy atom. The zero-order valence-electron chi connectivity index (χ0n) is 12.3. The predicted molar refractivity (Wildman–Crippen MR) is 82.7 cm³/mol. The van der Waals surface area contributed by atoms with Crippen LogP contribution < -0.4 is 10.5 Å². The van der Waals surface area contributed by atoms with Crippen molar-refractivity contribution in [1.29, 1.82) is 0 Å². The third kappa shape index (κ3) is 2.75. The van der Waals surface area contributed by atoms with Crippen molar-refractivity contribution in [3.05, 3.63) is 34.5 Å².